The van der Waals surface area contributed by atoms with Crippen molar-refractivity contribution < 1.29 is 9.13 Å². The molecule has 5 heteroatoms. The Morgan fingerprint density at radius 2 is 1.94 bits per heavy atom. The molecular weight excluding hydrogens is 264 g/mol. The Hall–Kier alpha value is -1.32. The monoisotopic (exact) mass is 271 g/mol. The van der Waals surface area contributed by atoms with Crippen molar-refractivity contribution in [1.82, 2.24) is 4.98 Å². The van der Waals surface area contributed by atoms with Gasteiger partial charge in [-0.1, -0.05) is 29.3 Å². The van der Waals surface area contributed by atoms with Gasteiger partial charge in [-0.05, 0) is 12.1 Å². The van der Waals surface area contributed by atoms with Crippen molar-refractivity contribution in [2.75, 3.05) is 7.11 Å². The zero-order valence-corrected chi connectivity index (χ0v) is 10.4. The lowest BCUT2D eigenvalue weighted by Gasteiger charge is -2.05. The van der Waals surface area contributed by atoms with E-state index in [1.54, 1.807) is 18.2 Å². The quantitative estimate of drug-likeness (QED) is 0.817. The summed E-state index contributed by atoms with van der Waals surface area (Å²) in [5, 5.41) is 0.783. The van der Waals surface area contributed by atoms with Crippen LogP contribution in [-0.4, -0.2) is 12.1 Å². The Bertz CT molecular complexity index is 560. The molecule has 0 radical (unpaired) electrons. The molecule has 2 nitrogen and oxygen atoms in total. The maximum atomic E-state index is 13.7. The molecule has 0 saturated carbocycles. The van der Waals surface area contributed by atoms with Gasteiger partial charge in [0.25, 0.3) is 0 Å². The first-order chi connectivity index (χ1) is 8.11. The molecule has 17 heavy (non-hydrogen) atoms. The van der Waals surface area contributed by atoms with E-state index in [1.807, 2.05) is 0 Å². The van der Waals surface area contributed by atoms with Crippen LogP contribution in [0.5, 0.6) is 5.75 Å². The van der Waals surface area contributed by atoms with Crippen molar-refractivity contribution in [3.63, 3.8) is 0 Å². The van der Waals surface area contributed by atoms with Crippen LogP contribution in [0.4, 0.5) is 4.39 Å². The number of rotatable bonds is 2. The summed E-state index contributed by atoms with van der Waals surface area (Å²) in [6.45, 7) is 0. The van der Waals surface area contributed by atoms with Gasteiger partial charge >= 0.3 is 0 Å². The number of benzene rings is 1. The molecule has 0 fully saturated rings. The number of methoxy groups -OCH3 is 1. The molecular formula is C12H8Cl2FNO. The lowest BCUT2D eigenvalue weighted by atomic mass is 10.1. The summed E-state index contributed by atoms with van der Waals surface area (Å²) >= 11 is 11.7. The summed E-state index contributed by atoms with van der Waals surface area (Å²) in [4.78, 5) is 3.99. The largest absolute Gasteiger partial charge is 0.495 e. The van der Waals surface area contributed by atoms with E-state index in [-0.39, 0.29) is 5.69 Å². The SMILES string of the molecule is COc1cnc(-c2ccc(Cl)c(Cl)c2)c(F)c1. The van der Waals surface area contributed by atoms with E-state index < -0.39 is 5.82 Å². The zero-order valence-electron chi connectivity index (χ0n) is 8.88. The highest BCUT2D eigenvalue weighted by Gasteiger charge is 2.09. The Morgan fingerprint density at radius 1 is 1.18 bits per heavy atom. The fourth-order valence-corrected chi connectivity index (χ4v) is 1.69. The van der Waals surface area contributed by atoms with Gasteiger partial charge in [-0.2, -0.15) is 0 Å². The topological polar surface area (TPSA) is 22.1 Å². The maximum absolute atomic E-state index is 13.7. The predicted octanol–water partition coefficient (Wildman–Crippen LogP) is 4.20. The molecule has 0 aliphatic carbocycles. The van der Waals surface area contributed by atoms with Gasteiger partial charge in [-0.15, -0.1) is 0 Å². The van der Waals surface area contributed by atoms with E-state index in [9.17, 15) is 4.39 Å². The Morgan fingerprint density at radius 3 is 2.53 bits per heavy atom. The molecule has 2 aromatic rings. The molecule has 0 aliphatic heterocycles. The van der Waals surface area contributed by atoms with Gasteiger partial charge in [-0.3, -0.25) is 0 Å². The van der Waals surface area contributed by atoms with E-state index in [4.69, 9.17) is 27.9 Å². The molecule has 1 heterocycles. The number of pyridine rings is 1. The number of hydrogen-bond donors (Lipinski definition) is 0. The minimum absolute atomic E-state index is 0.212. The van der Waals surface area contributed by atoms with Crippen molar-refractivity contribution >= 4 is 23.2 Å². The zero-order chi connectivity index (χ0) is 12.4. The average Bonchev–Trinajstić information content (AvgIpc) is 2.32. The average molecular weight is 272 g/mol. The van der Waals surface area contributed by atoms with Gasteiger partial charge in [0.2, 0.25) is 0 Å². The lowest BCUT2D eigenvalue weighted by molar-refractivity contribution is 0.409. The molecule has 0 atom stereocenters. The van der Waals surface area contributed by atoms with Crippen molar-refractivity contribution in [2.24, 2.45) is 0 Å². The molecule has 0 spiro atoms. The van der Waals surface area contributed by atoms with Gasteiger partial charge in [-0.25, -0.2) is 9.37 Å². The van der Waals surface area contributed by atoms with Crippen LogP contribution in [0, 0.1) is 5.82 Å². The first-order valence-electron chi connectivity index (χ1n) is 4.77. The number of ether oxygens (including phenoxy) is 1. The molecule has 0 unspecified atom stereocenters. The van der Waals surface area contributed by atoms with Crippen molar-refractivity contribution in [3.8, 4) is 17.0 Å². The van der Waals surface area contributed by atoms with Gasteiger partial charge in [0, 0.05) is 11.6 Å². The number of aromatic nitrogens is 1. The Balaban J connectivity index is 2.49. The van der Waals surface area contributed by atoms with E-state index in [0.717, 1.165) is 0 Å². The van der Waals surface area contributed by atoms with Crippen molar-refractivity contribution in [2.45, 2.75) is 0 Å². The van der Waals surface area contributed by atoms with Crippen LogP contribution >= 0.6 is 23.2 Å². The standard InChI is InChI=1S/C12H8Cl2FNO/c1-17-8-5-11(15)12(16-6-8)7-2-3-9(13)10(14)4-7/h2-6H,1H3. The molecule has 0 amide bonds. The summed E-state index contributed by atoms with van der Waals surface area (Å²) in [6.07, 6.45) is 1.45. The highest BCUT2D eigenvalue weighted by Crippen LogP contribution is 2.29. The molecule has 0 bridgehead atoms. The third-order valence-electron chi connectivity index (χ3n) is 2.24. The van der Waals surface area contributed by atoms with E-state index in [1.165, 1.54) is 19.4 Å². The van der Waals surface area contributed by atoms with Crippen LogP contribution in [0.1, 0.15) is 0 Å². The van der Waals surface area contributed by atoms with E-state index >= 15 is 0 Å². The predicted molar refractivity (Wildman–Crippen MR) is 66.2 cm³/mol. The molecule has 88 valence electrons. The smallest absolute Gasteiger partial charge is 0.153 e. The summed E-state index contributed by atoms with van der Waals surface area (Å²) in [5.41, 5.74) is 0.781. The van der Waals surface area contributed by atoms with Gasteiger partial charge in [0.15, 0.2) is 5.82 Å². The van der Waals surface area contributed by atoms with Crippen LogP contribution in [0.2, 0.25) is 10.0 Å². The second-order valence-electron chi connectivity index (χ2n) is 3.33. The van der Waals surface area contributed by atoms with Crippen molar-refractivity contribution in [3.05, 3.63) is 46.3 Å². The fraction of sp³-hybridized carbons (Fsp3) is 0.0833. The second-order valence-corrected chi connectivity index (χ2v) is 4.15. The normalized spacial score (nSPS) is 10.4. The summed E-state index contributed by atoms with van der Waals surface area (Å²) in [7, 11) is 1.45. The summed E-state index contributed by atoms with van der Waals surface area (Å²) in [6, 6.07) is 6.10. The Kier molecular flexibility index (Phi) is 3.50. The maximum Gasteiger partial charge on any atom is 0.153 e. The molecule has 0 saturated heterocycles. The van der Waals surface area contributed by atoms with Gasteiger partial charge in [0.1, 0.15) is 11.4 Å². The van der Waals surface area contributed by atoms with E-state index in [0.29, 0.717) is 21.4 Å². The number of halogens is 3. The highest BCUT2D eigenvalue weighted by molar-refractivity contribution is 6.42. The molecule has 0 N–H and O–H groups in total. The summed E-state index contributed by atoms with van der Waals surface area (Å²) in [5.74, 6) is -0.103. The molecule has 1 aromatic carbocycles. The lowest BCUT2D eigenvalue weighted by Crippen LogP contribution is -1.92. The third-order valence-corrected chi connectivity index (χ3v) is 2.98. The van der Waals surface area contributed by atoms with Gasteiger partial charge in [0.05, 0.1) is 23.4 Å². The second kappa shape index (κ2) is 4.90. The van der Waals surface area contributed by atoms with Gasteiger partial charge < -0.3 is 4.74 Å². The van der Waals surface area contributed by atoms with Crippen LogP contribution in [0.25, 0.3) is 11.3 Å². The minimum Gasteiger partial charge on any atom is -0.495 e. The number of hydrogen-bond acceptors (Lipinski definition) is 2. The first-order valence-corrected chi connectivity index (χ1v) is 5.52. The minimum atomic E-state index is -0.470. The fourth-order valence-electron chi connectivity index (χ4n) is 1.39. The molecule has 2 rings (SSSR count). The van der Waals surface area contributed by atoms with E-state index in [2.05, 4.69) is 4.98 Å². The molecule has 1 aromatic heterocycles. The number of nitrogens with zero attached hydrogens (tertiary/aromatic N) is 1. The molecule has 0 aliphatic rings. The van der Waals surface area contributed by atoms with Crippen LogP contribution in [0.3, 0.4) is 0 Å². The Labute approximate surface area is 108 Å². The first kappa shape index (κ1) is 12.1. The van der Waals surface area contributed by atoms with Crippen LogP contribution in [0.15, 0.2) is 30.5 Å². The third kappa shape index (κ3) is 2.51. The van der Waals surface area contributed by atoms with Crippen molar-refractivity contribution in [1.29, 1.82) is 0 Å². The van der Waals surface area contributed by atoms with Crippen LogP contribution in [-0.2, 0) is 0 Å². The van der Waals surface area contributed by atoms with Crippen LogP contribution < -0.4 is 4.74 Å². The highest BCUT2D eigenvalue weighted by atomic mass is 35.5. The summed E-state index contributed by atoms with van der Waals surface area (Å²) < 4.78 is 18.6.